The van der Waals surface area contributed by atoms with Crippen LogP contribution in [0.5, 0.6) is 0 Å². The van der Waals surface area contributed by atoms with E-state index in [0.717, 1.165) is 10.6 Å². The molecule has 18 heavy (non-hydrogen) atoms. The molecule has 0 saturated carbocycles. The zero-order valence-electron chi connectivity index (χ0n) is 8.99. The number of aromatic nitrogens is 2. The van der Waals surface area contributed by atoms with Crippen LogP contribution in [0.4, 0.5) is 0 Å². The van der Waals surface area contributed by atoms with E-state index in [9.17, 15) is 19.8 Å². The van der Waals surface area contributed by atoms with E-state index >= 15 is 0 Å². The summed E-state index contributed by atoms with van der Waals surface area (Å²) in [5.74, 6) is 0. The summed E-state index contributed by atoms with van der Waals surface area (Å²) < 4.78 is 6.49. The summed E-state index contributed by atoms with van der Waals surface area (Å²) in [7, 11) is 0. The van der Waals surface area contributed by atoms with Crippen LogP contribution in [0.3, 0.4) is 0 Å². The van der Waals surface area contributed by atoms with Crippen LogP contribution in [0.25, 0.3) is 0 Å². The third-order valence-electron chi connectivity index (χ3n) is 2.70. The van der Waals surface area contributed by atoms with E-state index in [1.807, 2.05) is 4.98 Å². The second-order valence-corrected chi connectivity index (χ2v) is 4.97. The van der Waals surface area contributed by atoms with Crippen LogP contribution >= 0.6 is 22.6 Å². The summed E-state index contributed by atoms with van der Waals surface area (Å²) in [5, 5.41) is 28.3. The molecule has 2 rings (SSSR count). The van der Waals surface area contributed by atoms with Crippen molar-refractivity contribution in [2.24, 2.45) is 0 Å². The summed E-state index contributed by atoms with van der Waals surface area (Å²) >= 11 is 1.75. The predicted octanol–water partition coefficient (Wildman–Crippen LogP) is -2.25. The molecule has 0 amide bonds. The zero-order valence-corrected chi connectivity index (χ0v) is 11.1. The number of aromatic amines is 1. The Morgan fingerprint density at radius 2 is 2.06 bits per heavy atom. The Labute approximate surface area is 114 Å². The van der Waals surface area contributed by atoms with Gasteiger partial charge in [0, 0.05) is 6.07 Å². The van der Waals surface area contributed by atoms with Gasteiger partial charge in [0.2, 0.25) is 0 Å². The predicted molar refractivity (Wildman–Crippen MR) is 67.0 cm³/mol. The minimum Gasteiger partial charge on any atom is -0.394 e. The first-order valence-corrected chi connectivity index (χ1v) is 6.17. The average molecular weight is 370 g/mol. The number of aliphatic hydroxyl groups is 3. The summed E-state index contributed by atoms with van der Waals surface area (Å²) in [6.45, 7) is -0.483. The van der Waals surface area contributed by atoms with Gasteiger partial charge in [-0.25, -0.2) is 4.79 Å². The van der Waals surface area contributed by atoms with E-state index in [1.54, 1.807) is 22.6 Å². The Bertz CT molecular complexity index is 555. The van der Waals surface area contributed by atoms with Crippen molar-refractivity contribution >= 4 is 22.6 Å². The van der Waals surface area contributed by atoms with Crippen LogP contribution in [0.15, 0.2) is 15.7 Å². The number of hydrogen-bond donors (Lipinski definition) is 4. The highest BCUT2D eigenvalue weighted by atomic mass is 127. The maximum atomic E-state index is 11.7. The van der Waals surface area contributed by atoms with Crippen molar-refractivity contribution in [3.05, 3.63) is 30.6 Å². The lowest BCUT2D eigenvalue weighted by molar-refractivity contribution is -0.0562. The summed E-state index contributed by atoms with van der Waals surface area (Å²) in [6, 6.07) is 1.16. The molecule has 1 fully saturated rings. The van der Waals surface area contributed by atoms with Crippen molar-refractivity contribution in [1.82, 2.24) is 9.55 Å². The van der Waals surface area contributed by atoms with Gasteiger partial charge in [-0.3, -0.25) is 14.3 Å². The minimum absolute atomic E-state index is 0.260. The molecule has 0 aliphatic carbocycles. The lowest BCUT2D eigenvalue weighted by atomic mass is 10.1. The summed E-state index contributed by atoms with van der Waals surface area (Å²) in [6.07, 6.45) is -4.78. The van der Waals surface area contributed by atoms with E-state index in [0.29, 0.717) is 0 Å². The van der Waals surface area contributed by atoms with E-state index in [1.165, 1.54) is 0 Å². The molecule has 100 valence electrons. The Balaban J connectivity index is 2.45. The van der Waals surface area contributed by atoms with Gasteiger partial charge < -0.3 is 20.1 Å². The number of H-pyrrole nitrogens is 1. The van der Waals surface area contributed by atoms with Gasteiger partial charge >= 0.3 is 5.69 Å². The smallest absolute Gasteiger partial charge is 0.331 e. The first-order chi connectivity index (χ1) is 8.45. The lowest BCUT2D eigenvalue weighted by Gasteiger charge is -2.18. The molecule has 8 nitrogen and oxygen atoms in total. The normalized spacial score (nSPS) is 31.8. The van der Waals surface area contributed by atoms with Gasteiger partial charge in [-0.1, -0.05) is 0 Å². The molecule has 1 saturated heterocycles. The molecule has 4 atom stereocenters. The second kappa shape index (κ2) is 5.09. The summed E-state index contributed by atoms with van der Waals surface area (Å²) in [5.41, 5.74) is -1.31. The molecule has 1 aliphatic heterocycles. The van der Waals surface area contributed by atoms with E-state index in [4.69, 9.17) is 9.84 Å². The molecule has 2 heterocycles. The number of hydrogen-bond acceptors (Lipinski definition) is 6. The van der Waals surface area contributed by atoms with Crippen molar-refractivity contribution in [2.45, 2.75) is 24.5 Å². The highest BCUT2D eigenvalue weighted by Crippen LogP contribution is 2.28. The molecule has 1 aromatic heterocycles. The Hall–Kier alpha value is -0.750. The quantitative estimate of drug-likeness (QED) is 0.345. The lowest BCUT2D eigenvalue weighted by Crippen LogP contribution is -2.39. The highest BCUT2D eigenvalue weighted by Gasteiger charge is 2.44. The molecule has 4 N–H and O–H groups in total. The van der Waals surface area contributed by atoms with Gasteiger partial charge in [-0.15, -0.1) is 0 Å². The monoisotopic (exact) mass is 370 g/mol. The van der Waals surface area contributed by atoms with E-state index < -0.39 is 42.4 Å². The average Bonchev–Trinajstić information content (AvgIpc) is 2.56. The molecule has 0 spiro atoms. The molecular weight excluding hydrogens is 359 g/mol. The largest absolute Gasteiger partial charge is 0.394 e. The van der Waals surface area contributed by atoms with E-state index in [2.05, 4.69) is 0 Å². The van der Waals surface area contributed by atoms with Gasteiger partial charge in [0.1, 0.15) is 18.3 Å². The van der Waals surface area contributed by atoms with Crippen molar-refractivity contribution in [2.75, 3.05) is 6.61 Å². The van der Waals surface area contributed by atoms with Crippen LogP contribution in [-0.4, -0.2) is 49.8 Å². The Kier molecular flexibility index (Phi) is 3.87. The molecule has 0 radical (unpaired) electrons. The fourth-order valence-corrected chi connectivity index (χ4v) is 2.58. The van der Waals surface area contributed by atoms with Crippen molar-refractivity contribution in [3.8, 4) is 0 Å². The van der Waals surface area contributed by atoms with Crippen LogP contribution in [0.1, 0.15) is 6.23 Å². The van der Waals surface area contributed by atoms with Crippen molar-refractivity contribution < 1.29 is 20.1 Å². The number of ether oxygens (including phenoxy) is 1. The molecule has 1 aromatic rings. The van der Waals surface area contributed by atoms with Crippen LogP contribution in [-0.2, 0) is 4.74 Å². The van der Waals surface area contributed by atoms with Gasteiger partial charge in [-0.05, 0) is 22.6 Å². The highest BCUT2D eigenvalue weighted by molar-refractivity contribution is 14.1. The third-order valence-corrected chi connectivity index (χ3v) is 3.53. The molecular formula is C9H11IN2O6. The van der Waals surface area contributed by atoms with E-state index in [-0.39, 0.29) is 3.70 Å². The van der Waals surface area contributed by atoms with Crippen molar-refractivity contribution in [3.63, 3.8) is 0 Å². The minimum atomic E-state index is -1.36. The Morgan fingerprint density at radius 1 is 1.39 bits per heavy atom. The van der Waals surface area contributed by atoms with Crippen LogP contribution in [0, 0.1) is 3.70 Å². The maximum absolute atomic E-state index is 11.7. The van der Waals surface area contributed by atoms with Crippen LogP contribution in [0.2, 0.25) is 0 Å². The third kappa shape index (κ3) is 2.23. The first kappa shape index (κ1) is 13.7. The number of nitrogens with one attached hydrogen (secondary N) is 1. The first-order valence-electron chi connectivity index (χ1n) is 5.09. The Morgan fingerprint density at radius 3 is 2.56 bits per heavy atom. The molecule has 3 unspecified atom stereocenters. The molecule has 9 heteroatoms. The fourth-order valence-electron chi connectivity index (χ4n) is 1.81. The SMILES string of the molecule is O=c1cc(I)n(C2O[C@H](CO)C(O)C2O)c(=O)[nH]1. The van der Waals surface area contributed by atoms with Crippen molar-refractivity contribution in [1.29, 1.82) is 0 Å². The standard InChI is InChI=1S/C9H11IN2O6/c10-4-1-5(14)11-9(17)12(4)8-7(16)6(15)3(2-13)18-8/h1,3,6-8,13,15-16H,2H2,(H,11,14,17)/t3-,6?,7?,8?/m1/s1. The molecule has 1 aliphatic rings. The molecule has 0 bridgehead atoms. The zero-order chi connectivity index (χ0) is 13.4. The van der Waals surface area contributed by atoms with Gasteiger partial charge in [0.15, 0.2) is 6.23 Å². The molecule has 0 aromatic carbocycles. The summed E-state index contributed by atoms with van der Waals surface area (Å²) in [4.78, 5) is 24.8. The number of rotatable bonds is 2. The number of nitrogens with zero attached hydrogens (tertiary/aromatic N) is 1. The van der Waals surface area contributed by atoms with Gasteiger partial charge in [0.05, 0.1) is 10.3 Å². The number of aliphatic hydroxyl groups excluding tert-OH is 3. The van der Waals surface area contributed by atoms with Crippen LogP contribution < -0.4 is 11.2 Å². The van der Waals surface area contributed by atoms with Gasteiger partial charge in [0.25, 0.3) is 5.56 Å². The van der Waals surface area contributed by atoms with Gasteiger partial charge in [-0.2, -0.15) is 0 Å². The number of halogens is 1. The second-order valence-electron chi connectivity index (χ2n) is 3.86. The fraction of sp³-hybridized carbons (Fsp3) is 0.556. The maximum Gasteiger partial charge on any atom is 0.331 e. The topological polar surface area (TPSA) is 125 Å².